The highest BCUT2D eigenvalue weighted by atomic mass is 16.4. The number of nitrogens with one attached hydrogen (secondary N) is 5. The number of likely N-dealkylation sites (N-methyl/N-ethyl adjacent to an activating group) is 2. The number of amides is 6. The summed E-state index contributed by atoms with van der Waals surface area (Å²) in [4.78, 5) is 121. The molecule has 342 valence electrons. The Kier molecular flexibility index (Phi) is 19.0. The maximum absolute atomic E-state index is 14.4. The van der Waals surface area contributed by atoms with Gasteiger partial charge in [0.2, 0.25) is 35.4 Å². The van der Waals surface area contributed by atoms with Crippen molar-refractivity contribution in [2.45, 2.75) is 101 Å². The van der Waals surface area contributed by atoms with Gasteiger partial charge in [-0.15, -0.1) is 0 Å². The number of carbonyl (C=O) groups excluding carboxylic acids is 6. The third-order valence-electron chi connectivity index (χ3n) is 10.2. The van der Waals surface area contributed by atoms with Gasteiger partial charge >= 0.3 is 17.9 Å². The molecule has 3 aromatic rings. The number of aromatic amines is 1. The molecular weight excluding hydrogens is 825 g/mol. The van der Waals surface area contributed by atoms with Crippen molar-refractivity contribution in [1.29, 1.82) is 0 Å². The fourth-order valence-electron chi connectivity index (χ4n) is 6.62. The average Bonchev–Trinajstić information content (AvgIpc) is 3.64. The summed E-state index contributed by atoms with van der Waals surface area (Å²) in [6, 6.07) is 4.77. The monoisotopic (exact) mass is 880 g/mol. The zero-order chi connectivity index (χ0) is 47.0. The van der Waals surface area contributed by atoms with Gasteiger partial charge in [0.25, 0.3) is 0 Å². The Morgan fingerprint density at radius 3 is 2.00 bits per heavy atom. The number of carboxylic acid groups (broad SMARTS) is 3. The third kappa shape index (κ3) is 15.4. The van der Waals surface area contributed by atoms with E-state index in [0.29, 0.717) is 24.0 Å². The van der Waals surface area contributed by atoms with Gasteiger partial charge in [-0.05, 0) is 49.1 Å². The van der Waals surface area contributed by atoms with Gasteiger partial charge in [0, 0.05) is 50.5 Å². The van der Waals surface area contributed by atoms with Crippen LogP contribution in [-0.4, -0.2) is 145 Å². The van der Waals surface area contributed by atoms with Gasteiger partial charge < -0.3 is 62.2 Å². The number of hydrogen-bond donors (Lipinski definition) is 10. The molecule has 0 saturated heterocycles. The number of phenolic OH excluding ortho intramolecular Hbond substituents is 1. The lowest BCUT2D eigenvalue weighted by atomic mass is 10.0. The molecule has 21 heteroatoms. The topological polar surface area (TPSA) is 331 Å². The predicted molar refractivity (Wildman–Crippen MR) is 226 cm³/mol. The number of aromatic hydroxyl groups is 1. The van der Waals surface area contributed by atoms with E-state index in [1.165, 1.54) is 45.3 Å². The van der Waals surface area contributed by atoms with Crippen molar-refractivity contribution in [3.05, 3.63) is 65.9 Å². The number of aromatic nitrogens is 1. The predicted octanol–water partition coefficient (Wildman–Crippen LogP) is -0.155. The largest absolute Gasteiger partial charge is 0.508 e. The van der Waals surface area contributed by atoms with Crippen molar-refractivity contribution in [3.63, 3.8) is 0 Å². The zero-order valence-electron chi connectivity index (χ0n) is 35.5. The first-order valence-electron chi connectivity index (χ1n) is 20.2. The molecule has 6 atom stereocenters. The molecule has 6 amide bonds. The highest BCUT2D eigenvalue weighted by Gasteiger charge is 2.36. The van der Waals surface area contributed by atoms with Crippen molar-refractivity contribution in [3.8, 4) is 5.75 Å². The van der Waals surface area contributed by atoms with Gasteiger partial charge in [-0.25, -0.2) is 4.79 Å². The van der Waals surface area contributed by atoms with E-state index in [1.807, 2.05) is 13.0 Å². The van der Waals surface area contributed by atoms with Gasteiger partial charge in [-0.1, -0.05) is 50.1 Å². The minimum Gasteiger partial charge on any atom is -0.508 e. The number of para-hydroxylation sites is 1. The molecule has 0 aliphatic rings. The summed E-state index contributed by atoms with van der Waals surface area (Å²) >= 11 is 0. The van der Waals surface area contributed by atoms with Crippen molar-refractivity contribution in [1.82, 2.24) is 36.1 Å². The smallest absolute Gasteiger partial charge is 0.326 e. The highest BCUT2D eigenvalue weighted by molar-refractivity contribution is 5.97. The molecule has 0 aliphatic carbocycles. The number of nitrogens with two attached hydrogens (primary N) is 1. The van der Waals surface area contributed by atoms with E-state index in [2.05, 4.69) is 26.3 Å². The number of hydrogen-bond acceptors (Lipinski definition) is 11. The Balaban J connectivity index is 1.88. The molecule has 21 nitrogen and oxygen atoms in total. The van der Waals surface area contributed by atoms with Crippen LogP contribution in [0.1, 0.15) is 63.5 Å². The minimum atomic E-state index is -1.78. The summed E-state index contributed by atoms with van der Waals surface area (Å²) in [5.74, 6) is -9.11. The lowest BCUT2D eigenvalue weighted by Gasteiger charge is -2.32. The number of carboxylic acids is 3. The van der Waals surface area contributed by atoms with E-state index in [1.54, 1.807) is 24.4 Å². The van der Waals surface area contributed by atoms with Crippen molar-refractivity contribution in [2.75, 3.05) is 20.6 Å². The van der Waals surface area contributed by atoms with Crippen LogP contribution in [0.15, 0.2) is 54.7 Å². The quantitative estimate of drug-likeness (QED) is 0.0529. The molecule has 11 N–H and O–H groups in total. The number of unbranched alkanes of at least 4 members (excludes halogenated alkanes) is 1. The first-order chi connectivity index (χ1) is 29.7. The van der Waals surface area contributed by atoms with Crippen LogP contribution in [0.2, 0.25) is 0 Å². The Morgan fingerprint density at radius 2 is 1.38 bits per heavy atom. The second-order valence-corrected chi connectivity index (χ2v) is 15.2. The van der Waals surface area contributed by atoms with Gasteiger partial charge in [0.1, 0.15) is 36.0 Å². The molecule has 0 unspecified atom stereocenters. The first-order valence-corrected chi connectivity index (χ1v) is 20.2. The molecule has 0 bridgehead atoms. The van der Waals surface area contributed by atoms with E-state index >= 15 is 0 Å². The molecule has 0 saturated carbocycles. The Morgan fingerprint density at radius 1 is 0.746 bits per heavy atom. The second-order valence-electron chi connectivity index (χ2n) is 15.2. The van der Waals surface area contributed by atoms with Gasteiger partial charge in [0.15, 0.2) is 0 Å². The maximum Gasteiger partial charge on any atom is 0.326 e. The molecule has 1 heterocycles. The van der Waals surface area contributed by atoms with Crippen molar-refractivity contribution >= 4 is 64.3 Å². The number of rotatable bonds is 25. The molecule has 63 heavy (non-hydrogen) atoms. The SMILES string of the molecule is CCCC[C@@H](C(=O)N[C@@H](CC(=O)O)C(=O)O)N(C)C(=O)[C@H](Cc1c[nH]c2ccccc12)NC(=O)CN(C)C(=O)[C@H](Cc1ccc(O)cc1)NC(=O)[C@H](C)NC(=O)[C@H](N)CCC(=O)O. The minimum absolute atomic E-state index is 0.0580. The molecule has 0 fully saturated rings. The second kappa shape index (κ2) is 23.8. The number of H-pyrrole nitrogens is 1. The standard InChI is InChI=1S/C42H56N8O13/c1-5-6-11-33(39(59)48-32(42(62)63)20-36(55)56)50(4)41(61)31(19-25-21-44-29-10-8-7-9-27(25)29)46-34(52)22-49(3)40(60)30(18-24-12-14-26(51)15-13-24)47-37(57)23(2)45-38(58)28(43)16-17-35(53)54/h7-10,12-15,21,23,28,30-33,44,51H,5-6,11,16-20,22,43H2,1-4H3,(H,45,58)(H,46,52)(H,47,57)(H,48,59)(H,53,54)(H,55,56)(H,62,63)/t23-,28+,30-,31-,32-,33-/m0/s1. The number of nitrogens with zero attached hydrogens (tertiary/aromatic N) is 2. The molecule has 2 aromatic carbocycles. The number of aliphatic carboxylic acids is 3. The molecule has 1 aromatic heterocycles. The summed E-state index contributed by atoms with van der Waals surface area (Å²) < 4.78 is 0. The van der Waals surface area contributed by atoms with Crippen molar-refractivity contribution < 1.29 is 63.6 Å². The molecule has 0 spiro atoms. The molecule has 0 aliphatic heterocycles. The van der Waals surface area contributed by atoms with Crippen LogP contribution in [0.25, 0.3) is 10.9 Å². The summed E-state index contributed by atoms with van der Waals surface area (Å²) in [6.07, 6.45) is 1.03. The van der Waals surface area contributed by atoms with Gasteiger partial charge in [0.05, 0.1) is 19.0 Å². The number of fused-ring (bicyclic) bond motifs is 1. The normalized spacial score (nSPS) is 13.9. The fraction of sp³-hybridized carbons (Fsp3) is 0.452. The molecule has 0 radical (unpaired) electrons. The average molecular weight is 881 g/mol. The highest BCUT2D eigenvalue weighted by Crippen LogP contribution is 2.21. The van der Waals surface area contributed by atoms with Crippen LogP contribution >= 0.6 is 0 Å². The molecular formula is C42H56N8O13. The van der Waals surface area contributed by atoms with Crippen LogP contribution in [-0.2, 0) is 56.0 Å². The van der Waals surface area contributed by atoms with E-state index in [9.17, 15) is 58.5 Å². The van der Waals surface area contributed by atoms with E-state index in [-0.39, 0.29) is 37.9 Å². The number of carbonyl (C=O) groups is 9. The lowest BCUT2D eigenvalue weighted by Crippen LogP contribution is -2.58. The fourth-order valence-corrected chi connectivity index (χ4v) is 6.62. The van der Waals surface area contributed by atoms with Gasteiger partial charge in [-0.3, -0.25) is 38.4 Å². The summed E-state index contributed by atoms with van der Waals surface area (Å²) in [6.45, 7) is 2.53. The van der Waals surface area contributed by atoms with E-state index in [4.69, 9.17) is 10.8 Å². The maximum atomic E-state index is 14.4. The van der Waals surface area contributed by atoms with Crippen LogP contribution < -0.4 is 27.0 Å². The number of benzene rings is 2. The molecule has 3 rings (SSSR count). The van der Waals surface area contributed by atoms with Crippen LogP contribution in [0.5, 0.6) is 5.75 Å². The summed E-state index contributed by atoms with van der Waals surface area (Å²) in [7, 11) is 2.59. The number of phenols is 1. The summed E-state index contributed by atoms with van der Waals surface area (Å²) in [5.41, 5.74) is 7.63. The first kappa shape index (κ1) is 50.3. The van der Waals surface area contributed by atoms with E-state index in [0.717, 1.165) is 20.7 Å². The Bertz CT molecular complexity index is 2120. The van der Waals surface area contributed by atoms with Crippen molar-refractivity contribution in [2.24, 2.45) is 5.73 Å². The summed E-state index contributed by atoms with van der Waals surface area (Å²) in [5, 5.41) is 48.1. The van der Waals surface area contributed by atoms with Crippen LogP contribution in [0.4, 0.5) is 0 Å². The van der Waals surface area contributed by atoms with Crippen LogP contribution in [0.3, 0.4) is 0 Å². The van der Waals surface area contributed by atoms with Gasteiger partial charge in [-0.2, -0.15) is 0 Å². The zero-order valence-corrected chi connectivity index (χ0v) is 35.5. The third-order valence-corrected chi connectivity index (χ3v) is 10.2. The van der Waals surface area contributed by atoms with E-state index < -0.39 is 103 Å². The Labute approximate surface area is 362 Å². The Hall–Kier alpha value is -7.03. The van der Waals surface area contributed by atoms with Crippen LogP contribution in [0, 0.1) is 0 Å². The lowest BCUT2D eigenvalue weighted by molar-refractivity contribution is -0.149.